The predicted molar refractivity (Wildman–Crippen MR) is 59.6 cm³/mol. The number of carboxylic acid groups (broad SMARTS) is 1. The van der Waals surface area contributed by atoms with Crippen molar-refractivity contribution in [1.29, 1.82) is 0 Å². The van der Waals surface area contributed by atoms with Crippen LogP contribution in [0.4, 0.5) is 0 Å². The van der Waals surface area contributed by atoms with Crippen molar-refractivity contribution in [2.24, 2.45) is 0 Å². The van der Waals surface area contributed by atoms with E-state index in [0.29, 0.717) is 12.8 Å². The van der Waals surface area contributed by atoms with Crippen LogP contribution in [0.2, 0.25) is 0 Å². The standard InChI is InChI=1S/C11H18N2O4/c1-13-5-4-7(6-13)12-10(14)8-2-3-9(17-8)11(15)16/h7-9H,2-6H2,1H3,(H,12,14)(H,15,16). The molecule has 6 heteroatoms. The summed E-state index contributed by atoms with van der Waals surface area (Å²) in [6.07, 6.45) is 0.430. The number of likely N-dealkylation sites (tertiary alicyclic amines) is 1. The first kappa shape index (κ1) is 12.3. The highest BCUT2D eigenvalue weighted by molar-refractivity contribution is 5.82. The largest absolute Gasteiger partial charge is 0.479 e. The second-order valence-electron chi connectivity index (χ2n) is 4.79. The predicted octanol–water partition coefficient (Wildman–Crippen LogP) is -0.561. The van der Waals surface area contributed by atoms with Crippen molar-refractivity contribution < 1.29 is 19.4 Å². The number of carbonyl (C=O) groups excluding carboxylic acids is 1. The molecule has 2 fully saturated rings. The molecule has 96 valence electrons. The van der Waals surface area contributed by atoms with Gasteiger partial charge in [-0.3, -0.25) is 4.79 Å². The van der Waals surface area contributed by atoms with Crippen LogP contribution in [0.15, 0.2) is 0 Å². The average Bonchev–Trinajstić information content (AvgIpc) is 2.86. The fraction of sp³-hybridized carbons (Fsp3) is 0.818. The number of amides is 1. The molecule has 0 saturated carbocycles. The summed E-state index contributed by atoms with van der Waals surface area (Å²) in [5, 5.41) is 11.7. The third-order valence-electron chi connectivity index (χ3n) is 3.33. The number of hydrogen-bond acceptors (Lipinski definition) is 4. The lowest BCUT2D eigenvalue weighted by Gasteiger charge is -2.16. The third kappa shape index (κ3) is 2.95. The second-order valence-corrected chi connectivity index (χ2v) is 4.79. The van der Waals surface area contributed by atoms with E-state index in [2.05, 4.69) is 10.2 Å². The summed E-state index contributed by atoms with van der Waals surface area (Å²) in [7, 11) is 2.01. The first-order chi connectivity index (χ1) is 8.06. The van der Waals surface area contributed by atoms with Gasteiger partial charge in [0.25, 0.3) is 0 Å². The van der Waals surface area contributed by atoms with Gasteiger partial charge >= 0.3 is 5.97 Å². The summed E-state index contributed by atoms with van der Waals surface area (Å²) in [4.78, 5) is 24.7. The third-order valence-corrected chi connectivity index (χ3v) is 3.33. The van der Waals surface area contributed by atoms with E-state index in [9.17, 15) is 9.59 Å². The maximum atomic E-state index is 11.8. The van der Waals surface area contributed by atoms with Gasteiger partial charge in [0.05, 0.1) is 0 Å². The average molecular weight is 242 g/mol. The van der Waals surface area contributed by atoms with E-state index in [4.69, 9.17) is 9.84 Å². The molecule has 0 radical (unpaired) electrons. The summed E-state index contributed by atoms with van der Waals surface area (Å²) in [5.74, 6) is -1.16. The second kappa shape index (κ2) is 5.01. The number of carboxylic acids is 1. The normalized spacial score (nSPS) is 33.8. The molecule has 2 aliphatic rings. The molecule has 0 aliphatic carbocycles. The van der Waals surface area contributed by atoms with Crippen LogP contribution in [0, 0.1) is 0 Å². The zero-order chi connectivity index (χ0) is 12.4. The summed E-state index contributed by atoms with van der Waals surface area (Å²) in [5.41, 5.74) is 0. The molecule has 3 atom stereocenters. The monoisotopic (exact) mass is 242 g/mol. The number of ether oxygens (including phenoxy) is 1. The summed E-state index contributed by atoms with van der Waals surface area (Å²) in [6.45, 7) is 1.83. The van der Waals surface area contributed by atoms with Crippen LogP contribution >= 0.6 is 0 Å². The minimum absolute atomic E-state index is 0.167. The van der Waals surface area contributed by atoms with Gasteiger partial charge in [-0.05, 0) is 32.9 Å². The molecule has 0 aromatic rings. The van der Waals surface area contributed by atoms with E-state index in [1.165, 1.54) is 0 Å². The zero-order valence-corrected chi connectivity index (χ0v) is 9.89. The van der Waals surface area contributed by atoms with Crippen molar-refractivity contribution in [1.82, 2.24) is 10.2 Å². The number of nitrogens with zero attached hydrogens (tertiary/aromatic N) is 1. The molecule has 0 aromatic heterocycles. The lowest BCUT2D eigenvalue weighted by atomic mass is 10.1. The van der Waals surface area contributed by atoms with Crippen molar-refractivity contribution >= 4 is 11.9 Å². The molecular formula is C11H18N2O4. The molecule has 6 nitrogen and oxygen atoms in total. The van der Waals surface area contributed by atoms with E-state index in [1.54, 1.807) is 0 Å². The SMILES string of the molecule is CN1CCC(NC(=O)C2CCC(C(=O)O)O2)C1. The van der Waals surface area contributed by atoms with Crippen molar-refractivity contribution in [3.05, 3.63) is 0 Å². The Morgan fingerprint density at radius 1 is 1.29 bits per heavy atom. The van der Waals surface area contributed by atoms with Gasteiger partial charge in [0.2, 0.25) is 5.91 Å². The van der Waals surface area contributed by atoms with Crippen LogP contribution in [0.5, 0.6) is 0 Å². The quantitative estimate of drug-likeness (QED) is 0.693. The lowest BCUT2D eigenvalue weighted by Crippen LogP contribution is -2.42. The highest BCUT2D eigenvalue weighted by atomic mass is 16.5. The molecule has 2 saturated heterocycles. The van der Waals surface area contributed by atoms with Gasteiger partial charge in [-0.1, -0.05) is 0 Å². The zero-order valence-electron chi connectivity index (χ0n) is 9.89. The van der Waals surface area contributed by atoms with Crippen molar-refractivity contribution in [3.8, 4) is 0 Å². The molecule has 1 amide bonds. The number of hydrogen-bond donors (Lipinski definition) is 2. The molecule has 17 heavy (non-hydrogen) atoms. The van der Waals surface area contributed by atoms with E-state index in [-0.39, 0.29) is 11.9 Å². The van der Waals surface area contributed by atoms with E-state index >= 15 is 0 Å². The van der Waals surface area contributed by atoms with Crippen LogP contribution in [0.1, 0.15) is 19.3 Å². The molecule has 2 N–H and O–H groups in total. The van der Waals surface area contributed by atoms with Crippen molar-refractivity contribution in [3.63, 3.8) is 0 Å². The molecular weight excluding hydrogens is 224 g/mol. The minimum atomic E-state index is -0.985. The fourth-order valence-electron chi connectivity index (χ4n) is 2.36. The molecule has 3 unspecified atom stereocenters. The van der Waals surface area contributed by atoms with Gasteiger partial charge in [0, 0.05) is 12.6 Å². The number of carbonyl (C=O) groups is 2. The van der Waals surface area contributed by atoms with E-state index in [0.717, 1.165) is 19.5 Å². The van der Waals surface area contributed by atoms with Crippen molar-refractivity contribution in [2.75, 3.05) is 20.1 Å². The van der Waals surface area contributed by atoms with Gasteiger partial charge in [0.1, 0.15) is 6.10 Å². The van der Waals surface area contributed by atoms with Gasteiger partial charge in [-0.25, -0.2) is 4.79 Å². The maximum absolute atomic E-state index is 11.8. The topological polar surface area (TPSA) is 78.9 Å². The smallest absolute Gasteiger partial charge is 0.332 e. The van der Waals surface area contributed by atoms with Crippen LogP contribution < -0.4 is 5.32 Å². The maximum Gasteiger partial charge on any atom is 0.332 e. The molecule has 2 aliphatic heterocycles. The minimum Gasteiger partial charge on any atom is -0.479 e. The summed E-state index contributed by atoms with van der Waals surface area (Å²) >= 11 is 0. The van der Waals surface area contributed by atoms with Gasteiger partial charge in [-0.15, -0.1) is 0 Å². The lowest BCUT2D eigenvalue weighted by molar-refractivity contribution is -0.151. The van der Waals surface area contributed by atoms with Crippen molar-refractivity contribution in [2.45, 2.75) is 37.5 Å². The number of nitrogens with one attached hydrogen (secondary N) is 1. The Morgan fingerprint density at radius 2 is 2.00 bits per heavy atom. The first-order valence-corrected chi connectivity index (χ1v) is 5.93. The molecule has 0 bridgehead atoms. The fourth-order valence-corrected chi connectivity index (χ4v) is 2.36. The Bertz CT molecular complexity index is 321. The Morgan fingerprint density at radius 3 is 2.53 bits per heavy atom. The van der Waals surface area contributed by atoms with Gasteiger partial charge in [0.15, 0.2) is 6.10 Å². The number of aliphatic carboxylic acids is 1. The van der Waals surface area contributed by atoms with Gasteiger partial charge in [-0.2, -0.15) is 0 Å². The van der Waals surface area contributed by atoms with E-state index < -0.39 is 18.2 Å². The summed E-state index contributed by atoms with van der Waals surface area (Å²) < 4.78 is 5.20. The highest BCUT2D eigenvalue weighted by Gasteiger charge is 2.35. The Labute approximate surface area is 99.9 Å². The van der Waals surface area contributed by atoms with Gasteiger partial charge < -0.3 is 20.1 Å². The van der Waals surface area contributed by atoms with E-state index in [1.807, 2.05) is 7.05 Å². The van der Waals surface area contributed by atoms with Crippen LogP contribution in [0.3, 0.4) is 0 Å². The molecule has 0 spiro atoms. The Balaban J connectivity index is 1.79. The molecule has 2 heterocycles. The first-order valence-electron chi connectivity index (χ1n) is 5.93. The molecule has 0 aromatic carbocycles. The van der Waals surface area contributed by atoms with Crippen LogP contribution in [0.25, 0.3) is 0 Å². The number of rotatable bonds is 3. The van der Waals surface area contributed by atoms with Crippen LogP contribution in [-0.2, 0) is 14.3 Å². The summed E-state index contributed by atoms with van der Waals surface area (Å²) in [6, 6.07) is 0.167. The number of likely N-dealkylation sites (N-methyl/N-ethyl adjacent to an activating group) is 1. The Kier molecular flexibility index (Phi) is 3.63. The molecule has 2 rings (SSSR count). The Hall–Kier alpha value is -1.14. The van der Waals surface area contributed by atoms with Crippen LogP contribution in [-0.4, -0.2) is 60.3 Å². The highest BCUT2D eigenvalue weighted by Crippen LogP contribution is 2.20.